The quantitative estimate of drug-likeness (QED) is 0.497. The molecule has 2 heterocycles. The van der Waals surface area contributed by atoms with Crippen LogP contribution in [0.5, 0.6) is 0 Å². The van der Waals surface area contributed by atoms with Crippen molar-refractivity contribution in [2.24, 2.45) is 0 Å². The smallest absolute Gasteiger partial charge is 0.154 e. The first-order chi connectivity index (χ1) is 12.2. The molecule has 0 spiro atoms. The molecule has 25 heavy (non-hydrogen) atoms. The van der Waals surface area contributed by atoms with Crippen LogP contribution in [0, 0.1) is 6.92 Å². The van der Waals surface area contributed by atoms with Crippen LogP contribution in [0.25, 0.3) is 28.0 Å². The number of aldehydes is 1. The Kier molecular flexibility index (Phi) is 3.82. The number of hydrogen-bond acceptors (Lipinski definition) is 3. The molecule has 4 aromatic rings. The van der Waals surface area contributed by atoms with E-state index in [1.54, 1.807) is 23.0 Å². The molecule has 0 saturated carbocycles. The van der Waals surface area contributed by atoms with E-state index in [-0.39, 0.29) is 0 Å². The fraction of sp³-hybridized carbons (Fsp3) is 0.0500. The molecule has 0 radical (unpaired) electrons. The summed E-state index contributed by atoms with van der Waals surface area (Å²) in [5, 5.41) is 6.32. The van der Waals surface area contributed by atoms with E-state index in [0.717, 1.165) is 28.3 Å². The average Bonchev–Trinajstić information content (AvgIpc) is 3.07. The van der Waals surface area contributed by atoms with E-state index in [2.05, 4.69) is 10.1 Å². The number of pyridine rings is 1. The van der Waals surface area contributed by atoms with Crippen molar-refractivity contribution < 1.29 is 4.79 Å². The van der Waals surface area contributed by atoms with Gasteiger partial charge in [-0.05, 0) is 36.8 Å². The number of benzene rings is 2. The van der Waals surface area contributed by atoms with Crippen LogP contribution in [-0.4, -0.2) is 21.1 Å². The minimum Gasteiger partial charge on any atom is -0.298 e. The zero-order chi connectivity index (χ0) is 17.4. The number of hydrogen-bond donors (Lipinski definition) is 0. The minimum atomic E-state index is 0.509. The lowest BCUT2D eigenvalue weighted by Gasteiger charge is -2.06. The number of aryl methyl sites for hydroxylation is 1. The molecule has 0 amide bonds. The fourth-order valence-corrected chi connectivity index (χ4v) is 3.00. The summed E-state index contributed by atoms with van der Waals surface area (Å²) in [6.07, 6.45) is 2.51. The molecule has 2 aromatic carbocycles. The van der Waals surface area contributed by atoms with Crippen molar-refractivity contribution in [3.8, 4) is 17.1 Å². The first-order valence-electron chi connectivity index (χ1n) is 7.83. The number of fused-ring (bicyclic) bond motifs is 1. The van der Waals surface area contributed by atoms with Crippen molar-refractivity contribution >= 4 is 28.8 Å². The maximum Gasteiger partial charge on any atom is 0.154 e. The van der Waals surface area contributed by atoms with Gasteiger partial charge in [0.15, 0.2) is 12.1 Å². The summed E-state index contributed by atoms with van der Waals surface area (Å²) in [6.45, 7) is 2.04. The molecule has 0 aliphatic rings. The topological polar surface area (TPSA) is 47.8 Å². The van der Waals surface area contributed by atoms with Crippen LogP contribution in [0.15, 0.2) is 60.8 Å². The Bertz CT molecular complexity index is 1080. The number of nitrogens with zero attached hydrogens (tertiary/aromatic N) is 3. The van der Waals surface area contributed by atoms with Gasteiger partial charge >= 0.3 is 0 Å². The lowest BCUT2D eigenvalue weighted by molar-refractivity contribution is 0.112. The summed E-state index contributed by atoms with van der Waals surface area (Å²) in [7, 11) is 0. The minimum absolute atomic E-state index is 0.509. The van der Waals surface area contributed by atoms with Crippen molar-refractivity contribution in [2.75, 3.05) is 0 Å². The second kappa shape index (κ2) is 6.15. The molecule has 0 unspecified atom stereocenters. The normalized spacial score (nSPS) is 11.0. The number of carbonyl (C=O) groups is 1. The molecule has 0 aliphatic carbocycles. The lowest BCUT2D eigenvalue weighted by Crippen LogP contribution is -1.99. The standard InChI is InChI=1S/C20H14ClN3O/c1-13-10-19(22-18-5-3-2-4-17(13)18)24-11-15(12-25)20(23-24)14-6-8-16(21)9-7-14/h2-12H,1H3. The number of halogens is 1. The van der Waals surface area contributed by atoms with E-state index in [0.29, 0.717) is 22.1 Å². The van der Waals surface area contributed by atoms with Gasteiger partial charge in [0.2, 0.25) is 0 Å². The van der Waals surface area contributed by atoms with Crippen LogP contribution < -0.4 is 0 Å². The molecular weight excluding hydrogens is 334 g/mol. The van der Waals surface area contributed by atoms with Gasteiger partial charge in [-0.15, -0.1) is 0 Å². The number of rotatable bonds is 3. The fourth-order valence-electron chi connectivity index (χ4n) is 2.87. The molecular formula is C20H14ClN3O. The third-order valence-corrected chi connectivity index (χ3v) is 4.38. The Morgan fingerprint density at radius 3 is 2.60 bits per heavy atom. The monoisotopic (exact) mass is 347 g/mol. The largest absolute Gasteiger partial charge is 0.298 e. The molecule has 0 N–H and O–H groups in total. The van der Waals surface area contributed by atoms with Crippen LogP contribution >= 0.6 is 11.6 Å². The molecule has 5 heteroatoms. The summed E-state index contributed by atoms with van der Waals surface area (Å²) in [4.78, 5) is 16.2. The third-order valence-electron chi connectivity index (χ3n) is 4.13. The Labute approximate surface area is 149 Å². The molecule has 2 aromatic heterocycles. The van der Waals surface area contributed by atoms with Gasteiger partial charge in [0.05, 0.1) is 11.1 Å². The average molecular weight is 348 g/mol. The molecule has 0 bridgehead atoms. The molecule has 0 fully saturated rings. The van der Waals surface area contributed by atoms with Gasteiger partial charge in [-0.2, -0.15) is 5.10 Å². The summed E-state index contributed by atoms with van der Waals surface area (Å²) in [5.41, 5.74) is 3.96. The Morgan fingerprint density at radius 2 is 1.84 bits per heavy atom. The van der Waals surface area contributed by atoms with Gasteiger partial charge in [-0.25, -0.2) is 9.67 Å². The second-order valence-electron chi connectivity index (χ2n) is 5.82. The van der Waals surface area contributed by atoms with Gasteiger partial charge in [-0.1, -0.05) is 41.9 Å². The van der Waals surface area contributed by atoms with Gasteiger partial charge in [0.25, 0.3) is 0 Å². The van der Waals surface area contributed by atoms with Crippen molar-refractivity contribution in [2.45, 2.75) is 6.92 Å². The van der Waals surface area contributed by atoms with Crippen LogP contribution in [-0.2, 0) is 0 Å². The number of aromatic nitrogens is 3. The summed E-state index contributed by atoms with van der Waals surface area (Å²) in [6, 6.07) is 17.2. The highest BCUT2D eigenvalue weighted by Gasteiger charge is 2.13. The highest BCUT2D eigenvalue weighted by molar-refractivity contribution is 6.30. The SMILES string of the molecule is Cc1cc(-n2cc(C=O)c(-c3ccc(Cl)cc3)n2)nc2ccccc12. The van der Waals surface area contributed by atoms with E-state index in [4.69, 9.17) is 11.6 Å². The zero-order valence-corrected chi connectivity index (χ0v) is 14.2. The maximum atomic E-state index is 11.5. The van der Waals surface area contributed by atoms with Crippen molar-refractivity contribution in [3.05, 3.63) is 76.9 Å². The molecule has 4 rings (SSSR count). The summed E-state index contributed by atoms with van der Waals surface area (Å²) >= 11 is 5.94. The first kappa shape index (κ1) is 15.5. The van der Waals surface area contributed by atoms with E-state index >= 15 is 0 Å². The molecule has 0 atom stereocenters. The Balaban J connectivity index is 1.87. The Morgan fingerprint density at radius 1 is 1.08 bits per heavy atom. The van der Waals surface area contributed by atoms with E-state index in [1.807, 2.05) is 49.4 Å². The van der Waals surface area contributed by atoms with Crippen LogP contribution in [0.1, 0.15) is 15.9 Å². The van der Waals surface area contributed by atoms with Crippen LogP contribution in [0.2, 0.25) is 5.02 Å². The number of para-hydroxylation sites is 1. The predicted molar refractivity (Wildman–Crippen MR) is 99.4 cm³/mol. The van der Waals surface area contributed by atoms with Gasteiger partial charge < -0.3 is 0 Å². The number of carbonyl (C=O) groups excluding carboxylic acids is 1. The molecule has 4 nitrogen and oxygen atoms in total. The van der Waals surface area contributed by atoms with Gasteiger partial charge in [0.1, 0.15) is 5.69 Å². The van der Waals surface area contributed by atoms with Gasteiger partial charge in [0, 0.05) is 22.2 Å². The maximum absolute atomic E-state index is 11.5. The highest BCUT2D eigenvalue weighted by Crippen LogP contribution is 2.25. The van der Waals surface area contributed by atoms with Crippen LogP contribution in [0.3, 0.4) is 0 Å². The Hall–Kier alpha value is -2.98. The lowest BCUT2D eigenvalue weighted by atomic mass is 10.1. The van der Waals surface area contributed by atoms with E-state index in [1.165, 1.54) is 0 Å². The first-order valence-corrected chi connectivity index (χ1v) is 8.21. The summed E-state index contributed by atoms with van der Waals surface area (Å²) in [5.74, 6) is 0.680. The van der Waals surface area contributed by atoms with Crippen LogP contribution in [0.4, 0.5) is 0 Å². The third kappa shape index (κ3) is 2.81. The van der Waals surface area contributed by atoms with E-state index in [9.17, 15) is 4.79 Å². The highest BCUT2D eigenvalue weighted by atomic mass is 35.5. The second-order valence-corrected chi connectivity index (χ2v) is 6.25. The summed E-state index contributed by atoms with van der Waals surface area (Å²) < 4.78 is 1.65. The van der Waals surface area contributed by atoms with Gasteiger partial charge in [-0.3, -0.25) is 4.79 Å². The zero-order valence-electron chi connectivity index (χ0n) is 13.5. The molecule has 0 aliphatic heterocycles. The van der Waals surface area contributed by atoms with Crippen molar-refractivity contribution in [1.82, 2.24) is 14.8 Å². The molecule has 0 saturated heterocycles. The van der Waals surface area contributed by atoms with E-state index < -0.39 is 0 Å². The molecule has 122 valence electrons. The van der Waals surface area contributed by atoms with Crippen molar-refractivity contribution in [3.63, 3.8) is 0 Å². The predicted octanol–water partition coefficient (Wildman–Crippen LogP) is 4.86. The van der Waals surface area contributed by atoms with Crippen molar-refractivity contribution in [1.29, 1.82) is 0 Å².